The molecule has 2 saturated heterocycles. The van der Waals surface area contributed by atoms with E-state index < -0.39 is 0 Å². The Morgan fingerprint density at radius 2 is 1.56 bits per heavy atom. The molecule has 25 heavy (non-hydrogen) atoms. The van der Waals surface area contributed by atoms with Gasteiger partial charge in [-0.05, 0) is 65.8 Å². The Balaban J connectivity index is 0. The van der Waals surface area contributed by atoms with Crippen molar-refractivity contribution >= 4 is 43.1 Å². The van der Waals surface area contributed by atoms with E-state index in [0.717, 1.165) is 32.5 Å². The molecule has 152 valence electrons. The highest BCUT2D eigenvalue weighted by molar-refractivity contribution is 5.86. The molecule has 5 nitrogen and oxygen atoms in total. The summed E-state index contributed by atoms with van der Waals surface area (Å²) in [5.41, 5.74) is 6.01. The standard InChI is InChI=1S/C17H34N4O.3ClH/c1-14(15(2)18)16(22)19-13-17(7-11-20(3)12-8-17)21-9-5-4-6-10-21;;;/h14-15H,4-13,18H2,1-3H3,(H,19,22);3*1H. The molecule has 0 radical (unpaired) electrons. The van der Waals surface area contributed by atoms with E-state index in [2.05, 4.69) is 22.2 Å². The van der Waals surface area contributed by atoms with Gasteiger partial charge in [0.1, 0.15) is 0 Å². The minimum atomic E-state index is -0.121. The van der Waals surface area contributed by atoms with Gasteiger partial charge in [0.15, 0.2) is 0 Å². The van der Waals surface area contributed by atoms with Crippen molar-refractivity contribution in [2.24, 2.45) is 11.7 Å². The highest BCUT2D eigenvalue weighted by Crippen LogP contribution is 2.30. The quantitative estimate of drug-likeness (QED) is 0.718. The molecule has 0 aliphatic carbocycles. The van der Waals surface area contributed by atoms with Gasteiger partial charge in [0, 0.05) is 24.0 Å². The van der Waals surface area contributed by atoms with Gasteiger partial charge in [-0.2, -0.15) is 0 Å². The molecule has 2 aliphatic rings. The van der Waals surface area contributed by atoms with Crippen LogP contribution in [0.1, 0.15) is 46.0 Å². The number of likely N-dealkylation sites (tertiary alicyclic amines) is 2. The lowest BCUT2D eigenvalue weighted by molar-refractivity contribution is -0.126. The van der Waals surface area contributed by atoms with Gasteiger partial charge in [0.05, 0.1) is 0 Å². The molecule has 0 aromatic heterocycles. The maximum absolute atomic E-state index is 12.3. The number of carbonyl (C=O) groups is 1. The van der Waals surface area contributed by atoms with Crippen molar-refractivity contribution in [1.29, 1.82) is 0 Å². The van der Waals surface area contributed by atoms with Crippen LogP contribution in [-0.2, 0) is 4.79 Å². The van der Waals surface area contributed by atoms with Crippen LogP contribution in [0.15, 0.2) is 0 Å². The third-order valence-corrected chi connectivity index (χ3v) is 5.74. The summed E-state index contributed by atoms with van der Waals surface area (Å²) in [5.74, 6) is -0.0185. The van der Waals surface area contributed by atoms with Crippen LogP contribution in [0.5, 0.6) is 0 Å². The van der Waals surface area contributed by atoms with Crippen molar-refractivity contribution in [3.05, 3.63) is 0 Å². The normalized spacial score (nSPS) is 23.2. The van der Waals surface area contributed by atoms with Gasteiger partial charge in [0.25, 0.3) is 0 Å². The molecule has 2 unspecified atom stereocenters. The molecule has 2 rings (SSSR count). The predicted molar refractivity (Wildman–Crippen MR) is 112 cm³/mol. The molecule has 0 saturated carbocycles. The molecule has 0 aromatic carbocycles. The summed E-state index contributed by atoms with van der Waals surface area (Å²) in [6.07, 6.45) is 6.23. The maximum atomic E-state index is 12.3. The van der Waals surface area contributed by atoms with Crippen LogP contribution >= 0.6 is 37.2 Å². The number of nitrogens with zero attached hydrogens (tertiary/aromatic N) is 2. The van der Waals surface area contributed by atoms with Gasteiger partial charge in [-0.1, -0.05) is 13.3 Å². The summed E-state index contributed by atoms with van der Waals surface area (Å²) in [7, 11) is 2.19. The molecule has 8 heteroatoms. The van der Waals surface area contributed by atoms with E-state index >= 15 is 0 Å². The Kier molecular flexibility index (Phi) is 13.8. The zero-order chi connectivity index (χ0) is 16.2. The molecule has 3 N–H and O–H groups in total. The molecule has 2 fully saturated rings. The van der Waals surface area contributed by atoms with Crippen LogP contribution in [-0.4, -0.2) is 67.1 Å². The fourth-order valence-corrected chi connectivity index (χ4v) is 3.66. The van der Waals surface area contributed by atoms with Gasteiger partial charge in [-0.15, -0.1) is 37.2 Å². The predicted octanol–water partition coefficient (Wildman–Crippen LogP) is 2.30. The molecule has 0 spiro atoms. The highest BCUT2D eigenvalue weighted by atomic mass is 35.5. The van der Waals surface area contributed by atoms with Crippen LogP contribution in [0.25, 0.3) is 0 Å². The van der Waals surface area contributed by atoms with E-state index in [4.69, 9.17) is 5.73 Å². The fraction of sp³-hybridized carbons (Fsp3) is 0.941. The largest absolute Gasteiger partial charge is 0.354 e. The van der Waals surface area contributed by atoms with Crippen molar-refractivity contribution in [1.82, 2.24) is 15.1 Å². The van der Waals surface area contributed by atoms with Gasteiger partial charge in [-0.25, -0.2) is 0 Å². The van der Waals surface area contributed by atoms with Gasteiger partial charge >= 0.3 is 0 Å². The highest BCUT2D eigenvalue weighted by Gasteiger charge is 2.40. The number of hydrogen-bond acceptors (Lipinski definition) is 4. The van der Waals surface area contributed by atoms with Crippen LogP contribution in [0.3, 0.4) is 0 Å². The summed E-state index contributed by atoms with van der Waals surface area (Å²) in [4.78, 5) is 17.3. The number of nitrogens with two attached hydrogens (primary N) is 1. The number of halogens is 3. The number of rotatable bonds is 5. The lowest BCUT2D eigenvalue weighted by atomic mass is 9.84. The van der Waals surface area contributed by atoms with Crippen LogP contribution in [0.4, 0.5) is 0 Å². The topological polar surface area (TPSA) is 61.6 Å². The van der Waals surface area contributed by atoms with Crippen LogP contribution < -0.4 is 11.1 Å². The molecular weight excluding hydrogens is 383 g/mol. The van der Waals surface area contributed by atoms with E-state index in [1.54, 1.807) is 0 Å². The Hall–Kier alpha value is 0.220. The van der Waals surface area contributed by atoms with Crippen molar-refractivity contribution in [3.63, 3.8) is 0 Å². The van der Waals surface area contributed by atoms with Crippen molar-refractivity contribution in [3.8, 4) is 0 Å². The number of carbonyl (C=O) groups excluding carboxylic acids is 1. The molecule has 0 bridgehead atoms. The van der Waals surface area contributed by atoms with Crippen LogP contribution in [0.2, 0.25) is 0 Å². The summed E-state index contributed by atoms with van der Waals surface area (Å²) in [6, 6.07) is -0.0941. The van der Waals surface area contributed by atoms with Crippen molar-refractivity contribution in [2.45, 2.75) is 57.5 Å². The number of piperidine rings is 2. The first kappa shape index (κ1) is 27.4. The molecule has 2 aliphatic heterocycles. The first-order chi connectivity index (χ1) is 10.4. The molecular formula is C17H37Cl3N4O. The fourth-order valence-electron chi connectivity index (χ4n) is 3.66. The SMILES string of the molecule is CC(N)C(C)C(=O)NCC1(N2CCCCC2)CCN(C)CC1.Cl.Cl.Cl. The van der Waals surface area contributed by atoms with E-state index in [9.17, 15) is 4.79 Å². The van der Waals surface area contributed by atoms with Gasteiger partial charge < -0.3 is 16.0 Å². The third kappa shape index (κ3) is 7.39. The Morgan fingerprint density at radius 3 is 2.04 bits per heavy atom. The molecule has 1 amide bonds. The first-order valence-corrected chi connectivity index (χ1v) is 8.91. The Labute approximate surface area is 172 Å². The third-order valence-electron chi connectivity index (χ3n) is 5.74. The van der Waals surface area contributed by atoms with Crippen molar-refractivity contribution in [2.75, 3.05) is 39.8 Å². The minimum absolute atomic E-state index is 0. The molecule has 2 heterocycles. The second kappa shape index (κ2) is 12.6. The van der Waals surface area contributed by atoms with E-state index in [1.165, 1.54) is 32.4 Å². The monoisotopic (exact) mass is 418 g/mol. The lowest BCUT2D eigenvalue weighted by Crippen LogP contribution is -2.61. The smallest absolute Gasteiger partial charge is 0.224 e. The summed E-state index contributed by atoms with van der Waals surface area (Å²) < 4.78 is 0. The maximum Gasteiger partial charge on any atom is 0.224 e. The number of nitrogens with one attached hydrogen (secondary N) is 1. The van der Waals surface area contributed by atoms with Crippen LogP contribution in [0, 0.1) is 5.92 Å². The van der Waals surface area contributed by atoms with Gasteiger partial charge in [-0.3, -0.25) is 9.69 Å². The second-order valence-electron chi connectivity index (χ2n) is 7.44. The zero-order valence-corrected chi connectivity index (χ0v) is 18.3. The minimum Gasteiger partial charge on any atom is -0.354 e. The average Bonchev–Trinajstić information content (AvgIpc) is 2.54. The van der Waals surface area contributed by atoms with E-state index in [0.29, 0.717) is 0 Å². The van der Waals surface area contributed by atoms with E-state index in [-0.39, 0.29) is 60.6 Å². The number of amides is 1. The first-order valence-electron chi connectivity index (χ1n) is 8.91. The number of hydrogen-bond donors (Lipinski definition) is 2. The Morgan fingerprint density at radius 1 is 1.04 bits per heavy atom. The van der Waals surface area contributed by atoms with Crippen molar-refractivity contribution < 1.29 is 4.79 Å². The van der Waals surface area contributed by atoms with Gasteiger partial charge in [0.2, 0.25) is 5.91 Å². The van der Waals surface area contributed by atoms with E-state index in [1.807, 2.05) is 13.8 Å². The lowest BCUT2D eigenvalue weighted by Gasteiger charge is -2.50. The molecule has 2 atom stereocenters. The summed E-state index contributed by atoms with van der Waals surface area (Å²) in [5, 5.41) is 3.21. The average molecular weight is 420 g/mol. The Bertz CT molecular complexity index is 371. The summed E-state index contributed by atoms with van der Waals surface area (Å²) in [6.45, 7) is 9.20. The summed E-state index contributed by atoms with van der Waals surface area (Å²) >= 11 is 0. The second-order valence-corrected chi connectivity index (χ2v) is 7.44. The molecule has 0 aromatic rings. The zero-order valence-electron chi connectivity index (χ0n) is 15.8.